The van der Waals surface area contributed by atoms with Crippen LogP contribution in [0.2, 0.25) is 0 Å². The maximum atomic E-state index is 13.3. The van der Waals surface area contributed by atoms with Crippen molar-refractivity contribution in [3.8, 4) is 23.3 Å². The van der Waals surface area contributed by atoms with Crippen LogP contribution in [0.1, 0.15) is 6.42 Å². The Labute approximate surface area is 177 Å². The van der Waals surface area contributed by atoms with Crippen molar-refractivity contribution < 1.29 is 14.3 Å². The van der Waals surface area contributed by atoms with Crippen molar-refractivity contribution in [2.75, 3.05) is 26.5 Å². The van der Waals surface area contributed by atoms with Gasteiger partial charge in [-0.05, 0) is 24.3 Å². The number of ether oxygens (including phenoxy) is 2. The highest BCUT2D eigenvalue weighted by atomic mass is 32.2. The molecule has 0 saturated heterocycles. The van der Waals surface area contributed by atoms with Gasteiger partial charge in [0.25, 0.3) is 5.56 Å². The first-order valence-electron chi connectivity index (χ1n) is 9.09. The summed E-state index contributed by atoms with van der Waals surface area (Å²) in [4.78, 5) is 29.9. The van der Waals surface area contributed by atoms with E-state index in [1.165, 1.54) is 18.8 Å². The third kappa shape index (κ3) is 4.55. The van der Waals surface area contributed by atoms with E-state index in [0.717, 1.165) is 11.8 Å². The van der Waals surface area contributed by atoms with Gasteiger partial charge in [0.1, 0.15) is 0 Å². The Kier molecular flexibility index (Phi) is 6.93. The number of carbonyl (C=O) groups is 1. The second-order valence-electron chi connectivity index (χ2n) is 6.14. The molecule has 30 heavy (non-hydrogen) atoms. The average Bonchev–Trinajstić information content (AvgIpc) is 2.77. The molecular formula is C21H20N4O4S. The SMILES string of the molecule is COc1ccc(-n2c(SCC(=O)NCCC#N)nc3ccccc3c2=O)cc1OC. The van der Waals surface area contributed by atoms with Gasteiger partial charge in [0, 0.05) is 12.6 Å². The lowest BCUT2D eigenvalue weighted by atomic mass is 10.2. The minimum absolute atomic E-state index is 0.0590. The van der Waals surface area contributed by atoms with Gasteiger partial charge in [-0.1, -0.05) is 23.9 Å². The highest BCUT2D eigenvalue weighted by Crippen LogP contribution is 2.30. The van der Waals surface area contributed by atoms with Crippen LogP contribution in [0.4, 0.5) is 0 Å². The lowest BCUT2D eigenvalue weighted by Crippen LogP contribution is -2.27. The molecule has 0 radical (unpaired) electrons. The number of nitriles is 1. The highest BCUT2D eigenvalue weighted by Gasteiger charge is 2.16. The first-order valence-corrected chi connectivity index (χ1v) is 10.1. The summed E-state index contributed by atoms with van der Waals surface area (Å²) in [7, 11) is 3.05. The third-order valence-electron chi connectivity index (χ3n) is 4.26. The van der Waals surface area contributed by atoms with Crippen LogP contribution >= 0.6 is 11.8 Å². The molecule has 0 aliphatic carbocycles. The molecule has 0 spiro atoms. The molecule has 3 aromatic rings. The van der Waals surface area contributed by atoms with Gasteiger partial charge in [0.2, 0.25) is 5.91 Å². The van der Waals surface area contributed by atoms with Crippen LogP contribution in [-0.2, 0) is 4.79 Å². The first kappa shape index (κ1) is 21.2. The van der Waals surface area contributed by atoms with Gasteiger partial charge < -0.3 is 14.8 Å². The Morgan fingerprint density at radius 2 is 1.97 bits per heavy atom. The van der Waals surface area contributed by atoms with Crippen LogP contribution in [0.3, 0.4) is 0 Å². The molecule has 2 aromatic carbocycles. The van der Waals surface area contributed by atoms with Crippen molar-refractivity contribution in [2.24, 2.45) is 0 Å². The predicted molar refractivity (Wildman–Crippen MR) is 114 cm³/mol. The highest BCUT2D eigenvalue weighted by molar-refractivity contribution is 7.99. The number of methoxy groups -OCH3 is 2. The minimum Gasteiger partial charge on any atom is -0.493 e. The zero-order valence-electron chi connectivity index (χ0n) is 16.5. The molecule has 0 bridgehead atoms. The van der Waals surface area contributed by atoms with Gasteiger partial charge in [-0.3, -0.25) is 14.2 Å². The molecule has 154 valence electrons. The Balaban J connectivity index is 2.04. The van der Waals surface area contributed by atoms with Crippen molar-refractivity contribution in [1.82, 2.24) is 14.9 Å². The van der Waals surface area contributed by atoms with Crippen molar-refractivity contribution in [2.45, 2.75) is 11.6 Å². The Hall–Kier alpha value is -3.51. The molecule has 0 aliphatic rings. The maximum Gasteiger partial charge on any atom is 0.266 e. The predicted octanol–water partition coefficient (Wildman–Crippen LogP) is 2.52. The molecule has 1 N–H and O–H groups in total. The van der Waals surface area contributed by atoms with E-state index in [0.29, 0.717) is 33.2 Å². The number of para-hydroxylation sites is 1. The third-order valence-corrected chi connectivity index (χ3v) is 5.20. The summed E-state index contributed by atoms with van der Waals surface area (Å²) < 4.78 is 12.1. The number of nitrogens with one attached hydrogen (secondary N) is 1. The molecule has 1 amide bonds. The molecule has 1 heterocycles. The number of rotatable bonds is 8. The molecule has 0 fully saturated rings. The number of aromatic nitrogens is 2. The fourth-order valence-corrected chi connectivity index (χ4v) is 3.68. The smallest absolute Gasteiger partial charge is 0.266 e. The number of carbonyl (C=O) groups excluding carboxylic acids is 1. The van der Waals surface area contributed by atoms with Crippen LogP contribution in [0.5, 0.6) is 11.5 Å². The Morgan fingerprint density at radius 1 is 1.20 bits per heavy atom. The number of fused-ring (bicyclic) bond motifs is 1. The Morgan fingerprint density at radius 3 is 2.70 bits per heavy atom. The minimum atomic E-state index is -0.250. The van der Waals surface area contributed by atoms with Gasteiger partial charge in [-0.2, -0.15) is 5.26 Å². The zero-order valence-corrected chi connectivity index (χ0v) is 17.4. The monoisotopic (exact) mass is 424 g/mol. The average molecular weight is 424 g/mol. The normalized spacial score (nSPS) is 10.4. The van der Waals surface area contributed by atoms with Crippen LogP contribution in [0, 0.1) is 11.3 Å². The molecular weight excluding hydrogens is 404 g/mol. The van der Waals surface area contributed by atoms with E-state index in [1.54, 1.807) is 42.5 Å². The number of benzene rings is 2. The summed E-state index contributed by atoms with van der Waals surface area (Å²) in [6.07, 6.45) is 0.237. The fraction of sp³-hybridized carbons (Fsp3) is 0.238. The van der Waals surface area contributed by atoms with E-state index in [9.17, 15) is 9.59 Å². The summed E-state index contributed by atoms with van der Waals surface area (Å²) in [6, 6.07) is 14.2. The van der Waals surface area contributed by atoms with Crippen molar-refractivity contribution in [3.05, 3.63) is 52.8 Å². The number of amides is 1. The van der Waals surface area contributed by atoms with Gasteiger partial charge in [0.15, 0.2) is 16.7 Å². The molecule has 1 aromatic heterocycles. The lowest BCUT2D eigenvalue weighted by molar-refractivity contribution is -0.118. The summed E-state index contributed by atoms with van der Waals surface area (Å²) in [5.74, 6) is 0.828. The van der Waals surface area contributed by atoms with Gasteiger partial charge in [-0.15, -0.1) is 0 Å². The van der Waals surface area contributed by atoms with Crippen LogP contribution in [0.15, 0.2) is 52.4 Å². The number of hydrogen-bond acceptors (Lipinski definition) is 7. The summed E-state index contributed by atoms with van der Waals surface area (Å²) in [5.41, 5.74) is 0.843. The number of thioether (sulfide) groups is 1. The molecule has 0 atom stereocenters. The van der Waals surface area contributed by atoms with Gasteiger partial charge in [-0.25, -0.2) is 4.98 Å². The lowest BCUT2D eigenvalue weighted by Gasteiger charge is -2.15. The van der Waals surface area contributed by atoms with E-state index in [4.69, 9.17) is 14.7 Å². The van der Waals surface area contributed by atoms with E-state index in [2.05, 4.69) is 10.3 Å². The van der Waals surface area contributed by atoms with Crippen molar-refractivity contribution in [3.63, 3.8) is 0 Å². The molecule has 0 unspecified atom stereocenters. The van der Waals surface area contributed by atoms with Gasteiger partial charge in [0.05, 0.1) is 49.1 Å². The molecule has 3 rings (SSSR count). The molecule has 8 nitrogen and oxygen atoms in total. The van der Waals surface area contributed by atoms with E-state index >= 15 is 0 Å². The largest absolute Gasteiger partial charge is 0.493 e. The molecule has 0 aliphatic heterocycles. The molecule has 0 saturated carbocycles. The van der Waals surface area contributed by atoms with Crippen LogP contribution < -0.4 is 20.3 Å². The topological polar surface area (TPSA) is 106 Å². The van der Waals surface area contributed by atoms with Gasteiger partial charge >= 0.3 is 0 Å². The second kappa shape index (κ2) is 9.80. The van der Waals surface area contributed by atoms with E-state index in [-0.39, 0.29) is 30.2 Å². The Bertz CT molecular complexity index is 1170. The van der Waals surface area contributed by atoms with Crippen molar-refractivity contribution >= 4 is 28.6 Å². The standard InChI is InChI=1S/C21H20N4O4S/c1-28-17-9-8-14(12-18(17)29-2)25-20(27)15-6-3-4-7-16(15)24-21(25)30-13-19(26)23-11-5-10-22/h3-4,6-9,12H,5,11,13H2,1-2H3,(H,23,26). The summed E-state index contributed by atoms with van der Waals surface area (Å²) in [5, 5.41) is 12.1. The fourth-order valence-electron chi connectivity index (χ4n) is 2.84. The zero-order chi connectivity index (χ0) is 21.5. The first-order chi connectivity index (χ1) is 14.6. The van der Waals surface area contributed by atoms with Crippen LogP contribution in [-0.4, -0.2) is 42.0 Å². The quantitative estimate of drug-likeness (QED) is 0.336. The number of hydrogen-bond donors (Lipinski definition) is 1. The summed E-state index contributed by atoms with van der Waals surface area (Å²) in [6.45, 7) is 0.281. The summed E-state index contributed by atoms with van der Waals surface area (Å²) >= 11 is 1.15. The van der Waals surface area contributed by atoms with E-state index < -0.39 is 0 Å². The second-order valence-corrected chi connectivity index (χ2v) is 7.08. The maximum absolute atomic E-state index is 13.3. The van der Waals surface area contributed by atoms with Crippen LogP contribution in [0.25, 0.3) is 16.6 Å². The number of nitrogens with zero attached hydrogens (tertiary/aromatic N) is 3. The van der Waals surface area contributed by atoms with Crippen molar-refractivity contribution in [1.29, 1.82) is 5.26 Å². The molecule has 9 heteroatoms. The van der Waals surface area contributed by atoms with E-state index in [1.807, 2.05) is 6.07 Å².